The van der Waals surface area contributed by atoms with Crippen molar-refractivity contribution in [3.63, 3.8) is 0 Å². The fourth-order valence-electron chi connectivity index (χ4n) is 3.11. The van der Waals surface area contributed by atoms with E-state index in [1.807, 2.05) is 11.3 Å². The monoisotopic (exact) mass is 376 g/mol. The first-order valence-electron chi connectivity index (χ1n) is 9.12. The summed E-state index contributed by atoms with van der Waals surface area (Å²) >= 11 is 3.63. The molecule has 4 nitrogen and oxygen atoms in total. The molecule has 0 atom stereocenters. The van der Waals surface area contributed by atoms with Gasteiger partial charge in [-0.05, 0) is 61.7 Å². The zero-order chi connectivity index (χ0) is 17.3. The maximum Gasteiger partial charge on any atom is 0.191 e. The third kappa shape index (κ3) is 6.13. The molecule has 0 radical (unpaired) electrons. The first-order chi connectivity index (χ1) is 12.3. The van der Waals surface area contributed by atoms with Crippen LogP contribution < -0.4 is 10.6 Å². The van der Waals surface area contributed by atoms with Gasteiger partial charge < -0.3 is 10.6 Å². The van der Waals surface area contributed by atoms with Gasteiger partial charge in [0.2, 0.25) is 0 Å². The Morgan fingerprint density at radius 1 is 1.12 bits per heavy atom. The van der Waals surface area contributed by atoms with Crippen molar-refractivity contribution in [1.29, 1.82) is 0 Å². The molecule has 1 aliphatic rings. The van der Waals surface area contributed by atoms with Crippen LogP contribution in [0.25, 0.3) is 0 Å². The molecule has 0 saturated carbocycles. The van der Waals surface area contributed by atoms with Crippen LogP contribution in [0.2, 0.25) is 0 Å². The minimum absolute atomic E-state index is 0.741. The molecular formula is C19H28N4S2. The molecule has 25 heavy (non-hydrogen) atoms. The van der Waals surface area contributed by atoms with Gasteiger partial charge in [0.15, 0.2) is 5.96 Å². The summed E-state index contributed by atoms with van der Waals surface area (Å²) in [6.07, 6.45) is 2.53. The third-order valence-electron chi connectivity index (χ3n) is 4.54. The number of piperidine rings is 1. The summed E-state index contributed by atoms with van der Waals surface area (Å²) in [5.74, 6) is 1.68. The highest BCUT2D eigenvalue weighted by molar-refractivity contribution is 7.10. The highest BCUT2D eigenvalue weighted by atomic mass is 32.1. The lowest BCUT2D eigenvalue weighted by Gasteiger charge is -2.32. The summed E-state index contributed by atoms with van der Waals surface area (Å²) in [7, 11) is 0. The van der Waals surface area contributed by atoms with E-state index in [9.17, 15) is 0 Å². The molecule has 2 aromatic rings. The number of rotatable bonds is 7. The van der Waals surface area contributed by atoms with Crippen molar-refractivity contribution in [2.45, 2.75) is 32.9 Å². The van der Waals surface area contributed by atoms with E-state index in [-0.39, 0.29) is 0 Å². The maximum atomic E-state index is 4.70. The van der Waals surface area contributed by atoms with Gasteiger partial charge >= 0.3 is 0 Å². The number of nitrogens with one attached hydrogen (secondary N) is 2. The van der Waals surface area contributed by atoms with E-state index in [4.69, 9.17) is 4.99 Å². The molecule has 2 N–H and O–H groups in total. The average Bonchev–Trinajstić information content (AvgIpc) is 3.32. The van der Waals surface area contributed by atoms with Gasteiger partial charge in [-0.25, -0.2) is 4.99 Å². The Bertz CT molecular complexity index is 614. The van der Waals surface area contributed by atoms with Crippen LogP contribution in [0.4, 0.5) is 0 Å². The number of nitrogens with zero attached hydrogens (tertiary/aromatic N) is 2. The summed E-state index contributed by atoms with van der Waals surface area (Å²) in [5, 5.41) is 11.2. The second-order valence-electron chi connectivity index (χ2n) is 6.45. The van der Waals surface area contributed by atoms with Crippen LogP contribution in [-0.2, 0) is 13.1 Å². The zero-order valence-electron chi connectivity index (χ0n) is 14.9. The van der Waals surface area contributed by atoms with Gasteiger partial charge in [-0.1, -0.05) is 12.1 Å². The first-order valence-corrected chi connectivity index (χ1v) is 10.9. The third-order valence-corrected chi connectivity index (χ3v) is 6.26. The van der Waals surface area contributed by atoms with Crippen LogP contribution >= 0.6 is 22.7 Å². The number of hydrogen-bond donors (Lipinski definition) is 2. The predicted octanol–water partition coefficient (Wildman–Crippen LogP) is 3.78. The van der Waals surface area contributed by atoms with Gasteiger partial charge in [-0.2, -0.15) is 0 Å². The van der Waals surface area contributed by atoms with Crippen molar-refractivity contribution in [3.8, 4) is 0 Å². The van der Waals surface area contributed by atoms with E-state index in [0.717, 1.165) is 38.1 Å². The lowest BCUT2D eigenvalue weighted by Crippen LogP contribution is -2.42. The Kier molecular flexibility index (Phi) is 7.33. The summed E-state index contributed by atoms with van der Waals surface area (Å²) in [5.41, 5.74) is 0. The largest absolute Gasteiger partial charge is 0.357 e. The topological polar surface area (TPSA) is 39.7 Å². The normalized spacial score (nSPS) is 16.9. The molecule has 1 fully saturated rings. The fourth-order valence-corrected chi connectivity index (χ4v) is 4.49. The van der Waals surface area contributed by atoms with Crippen molar-refractivity contribution < 1.29 is 0 Å². The molecule has 0 aromatic carbocycles. The molecular weight excluding hydrogens is 348 g/mol. The SMILES string of the molecule is CCNC(=NCc1cccs1)NCC1CCN(Cc2cccs2)CC1. The average molecular weight is 377 g/mol. The van der Waals surface area contributed by atoms with Crippen molar-refractivity contribution in [3.05, 3.63) is 44.8 Å². The summed E-state index contributed by atoms with van der Waals surface area (Å²) in [6.45, 7) is 8.30. The number of thiophene rings is 2. The van der Waals surface area contributed by atoms with E-state index in [0.29, 0.717) is 0 Å². The van der Waals surface area contributed by atoms with Crippen LogP contribution in [0, 0.1) is 5.92 Å². The highest BCUT2D eigenvalue weighted by Gasteiger charge is 2.19. The first kappa shape index (κ1) is 18.4. The van der Waals surface area contributed by atoms with Gasteiger partial charge in [-0.15, -0.1) is 22.7 Å². The van der Waals surface area contributed by atoms with E-state index < -0.39 is 0 Å². The van der Waals surface area contributed by atoms with Crippen molar-refractivity contribution in [1.82, 2.24) is 15.5 Å². The highest BCUT2D eigenvalue weighted by Crippen LogP contribution is 2.20. The van der Waals surface area contributed by atoms with Crippen LogP contribution in [0.15, 0.2) is 40.0 Å². The van der Waals surface area contributed by atoms with Crippen LogP contribution in [-0.4, -0.2) is 37.0 Å². The molecule has 2 aromatic heterocycles. The van der Waals surface area contributed by atoms with Crippen LogP contribution in [0.5, 0.6) is 0 Å². The zero-order valence-corrected chi connectivity index (χ0v) is 16.5. The van der Waals surface area contributed by atoms with Gasteiger partial charge in [0.1, 0.15) is 0 Å². The Labute approximate surface area is 159 Å². The van der Waals surface area contributed by atoms with Crippen molar-refractivity contribution >= 4 is 28.6 Å². The second-order valence-corrected chi connectivity index (χ2v) is 8.52. The Balaban J connectivity index is 1.40. The van der Waals surface area contributed by atoms with E-state index in [1.165, 1.54) is 35.7 Å². The lowest BCUT2D eigenvalue weighted by molar-refractivity contribution is 0.179. The molecule has 1 saturated heterocycles. The van der Waals surface area contributed by atoms with E-state index in [2.05, 4.69) is 57.5 Å². The van der Waals surface area contributed by atoms with Gasteiger partial charge in [0, 0.05) is 29.4 Å². The summed E-state index contributed by atoms with van der Waals surface area (Å²) < 4.78 is 0. The fraction of sp³-hybridized carbons (Fsp3) is 0.526. The van der Waals surface area contributed by atoms with Gasteiger partial charge in [0.25, 0.3) is 0 Å². The summed E-state index contributed by atoms with van der Waals surface area (Å²) in [4.78, 5) is 10.1. The molecule has 6 heteroatoms. The Hall–Kier alpha value is -1.37. The van der Waals surface area contributed by atoms with E-state index in [1.54, 1.807) is 11.3 Å². The molecule has 136 valence electrons. The van der Waals surface area contributed by atoms with Gasteiger partial charge in [0.05, 0.1) is 6.54 Å². The van der Waals surface area contributed by atoms with Crippen LogP contribution in [0.1, 0.15) is 29.5 Å². The Morgan fingerprint density at radius 3 is 2.48 bits per heavy atom. The lowest BCUT2D eigenvalue weighted by atomic mass is 9.97. The number of likely N-dealkylation sites (tertiary alicyclic amines) is 1. The molecule has 1 aliphatic heterocycles. The maximum absolute atomic E-state index is 4.70. The van der Waals surface area contributed by atoms with E-state index >= 15 is 0 Å². The molecule has 0 bridgehead atoms. The molecule has 0 unspecified atom stereocenters. The number of aliphatic imine (C=N–C) groups is 1. The number of hydrogen-bond acceptors (Lipinski definition) is 4. The molecule has 3 heterocycles. The smallest absolute Gasteiger partial charge is 0.191 e. The summed E-state index contributed by atoms with van der Waals surface area (Å²) in [6, 6.07) is 8.61. The van der Waals surface area contributed by atoms with Crippen molar-refractivity contribution in [2.24, 2.45) is 10.9 Å². The van der Waals surface area contributed by atoms with Gasteiger partial charge in [-0.3, -0.25) is 4.90 Å². The van der Waals surface area contributed by atoms with Crippen LogP contribution in [0.3, 0.4) is 0 Å². The molecule has 0 aliphatic carbocycles. The molecule has 0 spiro atoms. The second kappa shape index (κ2) is 9.94. The minimum Gasteiger partial charge on any atom is -0.357 e. The Morgan fingerprint density at radius 2 is 1.84 bits per heavy atom. The predicted molar refractivity (Wildman–Crippen MR) is 109 cm³/mol. The van der Waals surface area contributed by atoms with Crippen molar-refractivity contribution in [2.75, 3.05) is 26.2 Å². The minimum atomic E-state index is 0.741. The molecule has 0 amide bonds. The quantitative estimate of drug-likeness (QED) is 0.571. The number of guanidine groups is 1. The standard InChI is InChI=1S/C19H28N4S2/c1-2-20-19(22-14-17-5-3-11-24-17)21-13-16-7-9-23(10-8-16)15-18-6-4-12-25-18/h3-6,11-12,16H,2,7-10,13-15H2,1H3,(H2,20,21,22). The molecule has 3 rings (SSSR count).